The van der Waals surface area contributed by atoms with Gasteiger partial charge in [0.2, 0.25) is 0 Å². The zero-order valence-electron chi connectivity index (χ0n) is 22.3. The lowest BCUT2D eigenvalue weighted by molar-refractivity contribution is -0.0739. The highest BCUT2D eigenvalue weighted by Gasteiger charge is 2.61. The van der Waals surface area contributed by atoms with Crippen molar-refractivity contribution in [1.82, 2.24) is 21.3 Å². The van der Waals surface area contributed by atoms with Crippen molar-refractivity contribution in [1.29, 1.82) is 0 Å². The van der Waals surface area contributed by atoms with Crippen LogP contribution in [-0.4, -0.2) is 62.7 Å². The van der Waals surface area contributed by atoms with Crippen LogP contribution in [0.15, 0.2) is 23.3 Å². The molecular formula is C29H50N4P2. The summed E-state index contributed by atoms with van der Waals surface area (Å²) in [5.74, 6) is 4.25. The van der Waals surface area contributed by atoms with Crippen LogP contribution in [0.5, 0.6) is 0 Å². The summed E-state index contributed by atoms with van der Waals surface area (Å²) in [6.45, 7) is 13.7. The maximum atomic E-state index is 3.98. The molecule has 0 amide bonds. The molecule has 0 aromatic rings. The largest absolute Gasteiger partial charge is 0.314 e. The molecule has 5 unspecified atom stereocenters. The van der Waals surface area contributed by atoms with E-state index in [9.17, 15) is 0 Å². The van der Waals surface area contributed by atoms with Crippen LogP contribution in [0.1, 0.15) is 52.9 Å². The molecule has 2 aliphatic heterocycles. The molecule has 0 radical (unpaired) electrons. The zero-order chi connectivity index (χ0) is 24.4. The van der Waals surface area contributed by atoms with E-state index in [-0.39, 0.29) is 10.6 Å². The molecule has 0 aromatic heterocycles. The number of piperazine rings is 2. The lowest BCUT2D eigenvalue weighted by Gasteiger charge is -2.63. The molecule has 35 heavy (non-hydrogen) atoms. The molecule has 0 aromatic carbocycles. The van der Waals surface area contributed by atoms with Crippen molar-refractivity contribution in [3.05, 3.63) is 23.3 Å². The monoisotopic (exact) mass is 516 g/mol. The minimum absolute atomic E-state index is 0.0336. The maximum absolute atomic E-state index is 3.98. The van der Waals surface area contributed by atoms with Crippen molar-refractivity contribution >= 4 is 18.5 Å². The molecule has 7 rings (SSSR count). The van der Waals surface area contributed by atoms with Crippen LogP contribution in [0.25, 0.3) is 0 Å². The highest BCUT2D eigenvalue weighted by atomic mass is 31.0. The Hall–Kier alpha value is 0.180. The number of nitrogens with one attached hydrogen (secondary N) is 4. The molecule has 2 saturated heterocycles. The molecular weight excluding hydrogens is 466 g/mol. The van der Waals surface area contributed by atoms with Crippen LogP contribution >= 0.6 is 18.5 Å². The minimum Gasteiger partial charge on any atom is -0.314 e. The van der Waals surface area contributed by atoms with Gasteiger partial charge in [-0.3, -0.25) is 0 Å². The summed E-state index contributed by atoms with van der Waals surface area (Å²) in [6.07, 6.45) is 14.2. The molecule has 6 fully saturated rings. The Morgan fingerprint density at radius 3 is 1.80 bits per heavy atom. The van der Waals surface area contributed by atoms with E-state index in [1.165, 1.54) is 38.3 Å². The quantitative estimate of drug-likeness (QED) is 0.422. The molecule has 5 atom stereocenters. The van der Waals surface area contributed by atoms with Gasteiger partial charge in [-0.1, -0.05) is 32.9 Å². The first-order valence-electron chi connectivity index (χ1n) is 14.6. The fourth-order valence-electron chi connectivity index (χ4n) is 9.38. The lowest BCUT2D eigenvalue weighted by atomic mass is 9.43. The standard InChI is InChI=1S/C29H50N4P2/c1-27(2,3)20-13-23(28(17-34)21-9-18-8-19(11-21)12-22(28)10-18)24(14-20)29(35,25-15-30-4-6-32-25)26-16-31-5-7-33-26/h13-14,18-22,25-26,30-33H,4-12,15-17,34-35H2,1-3H3. The van der Waals surface area contributed by atoms with Gasteiger partial charge in [0, 0.05) is 67.8 Å². The summed E-state index contributed by atoms with van der Waals surface area (Å²) in [5, 5.41) is 15.4. The highest BCUT2D eigenvalue weighted by Crippen LogP contribution is 2.68. The second-order valence-corrected chi connectivity index (χ2v) is 15.3. The zero-order valence-corrected chi connectivity index (χ0v) is 24.6. The van der Waals surface area contributed by atoms with Gasteiger partial charge in [-0.15, -0.1) is 18.5 Å². The third-order valence-corrected chi connectivity index (χ3v) is 12.9. The molecule has 0 spiro atoms. The summed E-state index contributed by atoms with van der Waals surface area (Å²) < 4.78 is 0. The fourth-order valence-corrected chi connectivity index (χ4v) is 11.0. The van der Waals surface area contributed by atoms with Crippen LogP contribution in [0.2, 0.25) is 0 Å². The molecule has 4 bridgehead atoms. The Morgan fingerprint density at radius 2 is 1.37 bits per heavy atom. The van der Waals surface area contributed by atoms with Gasteiger partial charge in [-0.2, -0.15) is 0 Å². The number of allylic oxidation sites excluding steroid dienone is 3. The average Bonchev–Trinajstić information content (AvgIpc) is 3.32. The van der Waals surface area contributed by atoms with E-state index in [1.54, 1.807) is 11.1 Å². The Labute approximate surface area is 218 Å². The van der Waals surface area contributed by atoms with Crippen molar-refractivity contribution in [2.75, 3.05) is 45.4 Å². The predicted octanol–water partition coefficient (Wildman–Crippen LogP) is 3.57. The number of hydrogen-bond acceptors (Lipinski definition) is 4. The van der Waals surface area contributed by atoms with Crippen molar-refractivity contribution < 1.29 is 0 Å². The van der Waals surface area contributed by atoms with Gasteiger partial charge in [0.25, 0.3) is 0 Å². The maximum Gasteiger partial charge on any atom is 0.0426 e. The molecule has 196 valence electrons. The predicted molar refractivity (Wildman–Crippen MR) is 155 cm³/mol. The molecule has 6 heteroatoms. The Balaban J connectivity index is 1.48. The van der Waals surface area contributed by atoms with Crippen molar-refractivity contribution in [3.63, 3.8) is 0 Å². The molecule has 5 aliphatic carbocycles. The van der Waals surface area contributed by atoms with Gasteiger partial charge in [0.1, 0.15) is 0 Å². The first kappa shape index (κ1) is 25.5. The summed E-state index contributed by atoms with van der Waals surface area (Å²) >= 11 is 0. The molecule has 4 saturated carbocycles. The topological polar surface area (TPSA) is 48.1 Å². The smallest absolute Gasteiger partial charge is 0.0426 e. The third-order valence-electron chi connectivity index (χ3n) is 11.1. The van der Waals surface area contributed by atoms with E-state index in [0.717, 1.165) is 62.9 Å². The second-order valence-electron chi connectivity index (χ2n) is 14.0. The van der Waals surface area contributed by atoms with E-state index in [0.29, 0.717) is 23.4 Å². The second kappa shape index (κ2) is 9.43. The van der Waals surface area contributed by atoms with Gasteiger partial charge in [0.05, 0.1) is 0 Å². The van der Waals surface area contributed by atoms with E-state index in [2.05, 4.69) is 72.7 Å². The lowest BCUT2D eigenvalue weighted by Crippen LogP contribution is -2.69. The van der Waals surface area contributed by atoms with Gasteiger partial charge < -0.3 is 21.3 Å². The summed E-state index contributed by atoms with van der Waals surface area (Å²) in [6, 6.07) is 0.816. The third kappa shape index (κ3) is 4.08. The Bertz CT molecular complexity index is 816. The van der Waals surface area contributed by atoms with Crippen LogP contribution in [0.3, 0.4) is 0 Å². The van der Waals surface area contributed by atoms with Gasteiger partial charge in [-0.05, 0) is 78.5 Å². The van der Waals surface area contributed by atoms with Crippen LogP contribution in [-0.2, 0) is 0 Å². The van der Waals surface area contributed by atoms with E-state index in [1.807, 2.05) is 0 Å². The molecule has 2 heterocycles. The van der Waals surface area contributed by atoms with Gasteiger partial charge >= 0.3 is 0 Å². The van der Waals surface area contributed by atoms with Crippen LogP contribution in [0.4, 0.5) is 0 Å². The first-order chi connectivity index (χ1) is 16.8. The summed E-state index contributed by atoms with van der Waals surface area (Å²) in [4.78, 5) is 0. The van der Waals surface area contributed by atoms with E-state index < -0.39 is 0 Å². The normalized spacial score (nSPS) is 45.2. The first-order valence-corrected chi connectivity index (χ1v) is 16.0. The van der Waals surface area contributed by atoms with Crippen molar-refractivity contribution in [2.24, 2.45) is 40.4 Å². The van der Waals surface area contributed by atoms with Gasteiger partial charge in [-0.25, -0.2) is 0 Å². The van der Waals surface area contributed by atoms with Crippen LogP contribution < -0.4 is 21.3 Å². The summed E-state index contributed by atoms with van der Waals surface area (Å²) in [7, 11) is 6.76. The van der Waals surface area contributed by atoms with E-state index >= 15 is 0 Å². The number of hydrogen-bond donors (Lipinski definition) is 4. The SMILES string of the molecule is CC(C)(C)C1C=C(C(P)(C2CNCCN2)C2CNCCN2)C(C2(CP)C3CC4CC(C3)CC2C4)=C1. The molecule has 7 aliphatic rings. The van der Waals surface area contributed by atoms with Crippen molar-refractivity contribution in [3.8, 4) is 0 Å². The molecule has 4 nitrogen and oxygen atoms in total. The Kier molecular flexibility index (Phi) is 6.86. The molecule has 4 N–H and O–H groups in total. The highest BCUT2D eigenvalue weighted by molar-refractivity contribution is 7.19. The fraction of sp³-hybridized carbons (Fsp3) is 0.862. The van der Waals surface area contributed by atoms with Crippen LogP contribution in [0, 0.1) is 40.4 Å². The number of rotatable bonds is 5. The summed E-state index contributed by atoms with van der Waals surface area (Å²) in [5.41, 5.74) is 4.01. The minimum atomic E-state index is -0.0336. The van der Waals surface area contributed by atoms with E-state index in [4.69, 9.17) is 0 Å². The van der Waals surface area contributed by atoms with Crippen molar-refractivity contribution in [2.45, 2.75) is 70.1 Å². The average molecular weight is 517 g/mol. The van der Waals surface area contributed by atoms with Gasteiger partial charge in [0.15, 0.2) is 0 Å². The Morgan fingerprint density at radius 1 is 0.829 bits per heavy atom.